The van der Waals surface area contributed by atoms with Gasteiger partial charge in [-0.1, -0.05) is 6.42 Å². The van der Waals surface area contributed by atoms with Crippen LogP contribution in [0.1, 0.15) is 51.4 Å². The summed E-state index contributed by atoms with van der Waals surface area (Å²) in [5, 5.41) is 0. The smallest absolute Gasteiger partial charge is 0.226 e. The van der Waals surface area contributed by atoms with Crippen LogP contribution in [0, 0.1) is 29.6 Å². The average molecular weight is 313 g/mol. The van der Waals surface area contributed by atoms with Gasteiger partial charge in [0, 0.05) is 18.5 Å². The van der Waals surface area contributed by atoms with Gasteiger partial charge < -0.3 is 10.6 Å². The number of hydrogen-bond donors (Lipinski definition) is 1. The zero-order valence-corrected chi connectivity index (χ0v) is 13.7. The molecule has 0 radical (unpaired) electrons. The van der Waals surface area contributed by atoms with Gasteiger partial charge in [0.05, 0.1) is 0 Å². The van der Waals surface area contributed by atoms with E-state index in [-0.39, 0.29) is 18.3 Å². The van der Waals surface area contributed by atoms with Crippen molar-refractivity contribution in [2.24, 2.45) is 35.3 Å². The van der Waals surface area contributed by atoms with Gasteiger partial charge in [-0.15, -0.1) is 12.4 Å². The minimum Gasteiger partial charge on any atom is -0.339 e. The van der Waals surface area contributed by atoms with E-state index in [1.54, 1.807) is 0 Å². The monoisotopic (exact) mass is 312 g/mol. The topological polar surface area (TPSA) is 46.3 Å². The molecule has 2 aliphatic heterocycles. The van der Waals surface area contributed by atoms with E-state index in [1.165, 1.54) is 44.9 Å². The Kier molecular flexibility index (Phi) is 4.52. The van der Waals surface area contributed by atoms with Crippen LogP contribution in [0.4, 0.5) is 0 Å². The molecule has 4 bridgehead atoms. The number of hydrogen-bond acceptors (Lipinski definition) is 2. The molecular formula is C17H29ClN2O. The molecule has 4 heteroatoms. The molecular weight excluding hydrogens is 284 g/mol. The minimum absolute atomic E-state index is 0. The van der Waals surface area contributed by atoms with Crippen molar-refractivity contribution in [1.82, 2.24) is 4.90 Å². The van der Waals surface area contributed by atoms with Crippen LogP contribution < -0.4 is 5.73 Å². The van der Waals surface area contributed by atoms with E-state index in [0.717, 1.165) is 30.7 Å². The Morgan fingerprint density at radius 2 is 1.67 bits per heavy atom. The third-order valence-corrected chi connectivity index (χ3v) is 6.67. The van der Waals surface area contributed by atoms with E-state index >= 15 is 0 Å². The molecule has 2 heterocycles. The molecule has 3 nitrogen and oxygen atoms in total. The Morgan fingerprint density at radius 3 is 2.33 bits per heavy atom. The fourth-order valence-corrected chi connectivity index (χ4v) is 5.91. The van der Waals surface area contributed by atoms with Crippen LogP contribution in [0.2, 0.25) is 0 Å². The van der Waals surface area contributed by atoms with E-state index in [9.17, 15) is 4.79 Å². The first kappa shape index (κ1) is 15.6. The third kappa shape index (κ3) is 2.72. The van der Waals surface area contributed by atoms with Gasteiger partial charge in [0.2, 0.25) is 5.91 Å². The molecule has 0 aromatic rings. The Morgan fingerprint density at radius 1 is 1.00 bits per heavy atom. The number of rotatable bonds is 2. The quantitative estimate of drug-likeness (QED) is 0.852. The van der Waals surface area contributed by atoms with Gasteiger partial charge in [0.15, 0.2) is 0 Å². The normalized spacial score (nSPS) is 44.5. The first-order valence-corrected chi connectivity index (χ1v) is 8.75. The fraction of sp³-hybridized carbons (Fsp3) is 0.941. The van der Waals surface area contributed by atoms with Crippen LogP contribution in [0.3, 0.4) is 0 Å². The zero-order chi connectivity index (χ0) is 13.7. The van der Waals surface area contributed by atoms with E-state index in [2.05, 4.69) is 4.90 Å². The van der Waals surface area contributed by atoms with Gasteiger partial charge in [-0.3, -0.25) is 4.79 Å². The maximum absolute atomic E-state index is 13.1. The number of carbonyl (C=O) groups is 1. The van der Waals surface area contributed by atoms with E-state index in [0.29, 0.717) is 24.4 Å². The van der Waals surface area contributed by atoms with Crippen LogP contribution in [-0.2, 0) is 4.79 Å². The van der Waals surface area contributed by atoms with Crippen molar-refractivity contribution in [2.75, 3.05) is 13.1 Å². The molecule has 4 atom stereocenters. The molecule has 0 aromatic carbocycles. The SMILES string of the molecule is Cl.NC[C@H]1CCC[C@H]1C(=O)N1CC2CC3CC(C2)CC1C3. The van der Waals surface area contributed by atoms with E-state index < -0.39 is 0 Å². The summed E-state index contributed by atoms with van der Waals surface area (Å²) >= 11 is 0. The number of amides is 1. The molecule has 3 aliphatic carbocycles. The first-order valence-electron chi connectivity index (χ1n) is 8.75. The standard InChI is InChI=1S/C17H28N2O.ClH/c18-9-14-2-1-3-16(14)17(20)19-10-13-5-11-4-12(6-13)8-15(19)7-11;/h11-16H,1-10,18H2;1H/t11?,12?,13?,14-,15?,16-;/m1./s1. The number of carbonyl (C=O) groups excluding carboxylic acids is 1. The van der Waals surface area contributed by atoms with Gasteiger partial charge in [-0.2, -0.15) is 0 Å². The van der Waals surface area contributed by atoms with E-state index in [4.69, 9.17) is 5.73 Å². The molecule has 0 aromatic heterocycles. The highest BCUT2D eigenvalue weighted by molar-refractivity contribution is 5.85. The number of halogens is 1. The highest BCUT2D eigenvalue weighted by Gasteiger charge is 2.46. The molecule has 3 saturated carbocycles. The summed E-state index contributed by atoms with van der Waals surface area (Å²) in [6.45, 7) is 1.76. The van der Waals surface area contributed by atoms with Gasteiger partial charge in [-0.25, -0.2) is 0 Å². The highest BCUT2D eigenvalue weighted by Crippen LogP contribution is 2.48. The maximum Gasteiger partial charge on any atom is 0.226 e. The predicted octanol–water partition coefficient (Wildman–Crippen LogP) is 2.82. The van der Waals surface area contributed by atoms with Crippen LogP contribution in [0.15, 0.2) is 0 Å². The third-order valence-electron chi connectivity index (χ3n) is 6.67. The lowest BCUT2D eigenvalue weighted by Crippen LogP contribution is -2.46. The minimum atomic E-state index is 0. The summed E-state index contributed by atoms with van der Waals surface area (Å²) in [5.74, 6) is 3.81. The van der Waals surface area contributed by atoms with Crippen molar-refractivity contribution in [3.8, 4) is 0 Å². The molecule has 2 unspecified atom stereocenters. The second-order valence-electron chi connectivity index (χ2n) is 7.95. The van der Waals surface area contributed by atoms with Gasteiger partial charge in [0.1, 0.15) is 0 Å². The van der Waals surface area contributed by atoms with Crippen LogP contribution in [0.5, 0.6) is 0 Å². The van der Waals surface area contributed by atoms with Crippen molar-refractivity contribution in [1.29, 1.82) is 0 Å². The Hall–Kier alpha value is -0.280. The van der Waals surface area contributed by atoms with Gasteiger partial charge in [0.25, 0.3) is 0 Å². The van der Waals surface area contributed by atoms with Crippen LogP contribution in [0.25, 0.3) is 0 Å². The molecule has 21 heavy (non-hydrogen) atoms. The Labute approximate surface area is 134 Å². The summed E-state index contributed by atoms with van der Waals surface area (Å²) in [7, 11) is 0. The molecule has 5 rings (SSSR count). The summed E-state index contributed by atoms with van der Waals surface area (Å²) in [5.41, 5.74) is 5.89. The molecule has 2 saturated heterocycles. The fourth-order valence-electron chi connectivity index (χ4n) is 5.91. The maximum atomic E-state index is 13.1. The summed E-state index contributed by atoms with van der Waals surface area (Å²) in [4.78, 5) is 15.4. The van der Waals surface area contributed by atoms with Crippen molar-refractivity contribution < 1.29 is 4.79 Å². The lowest BCUT2D eigenvalue weighted by atomic mass is 9.68. The van der Waals surface area contributed by atoms with Crippen molar-refractivity contribution in [3.05, 3.63) is 0 Å². The molecule has 0 spiro atoms. The van der Waals surface area contributed by atoms with Gasteiger partial charge in [-0.05, 0) is 75.2 Å². The van der Waals surface area contributed by atoms with Gasteiger partial charge >= 0.3 is 0 Å². The predicted molar refractivity (Wildman–Crippen MR) is 86.2 cm³/mol. The molecule has 5 aliphatic rings. The van der Waals surface area contributed by atoms with Crippen LogP contribution in [-0.4, -0.2) is 29.9 Å². The van der Waals surface area contributed by atoms with Crippen LogP contribution >= 0.6 is 12.4 Å². The first-order chi connectivity index (χ1) is 9.74. The lowest BCUT2D eigenvalue weighted by molar-refractivity contribution is -0.139. The Bertz CT molecular complexity index is 388. The van der Waals surface area contributed by atoms with Crippen molar-refractivity contribution >= 4 is 18.3 Å². The summed E-state index contributed by atoms with van der Waals surface area (Å²) < 4.78 is 0. The Balaban J connectivity index is 0.00000132. The molecule has 120 valence electrons. The van der Waals surface area contributed by atoms with Crippen molar-refractivity contribution in [3.63, 3.8) is 0 Å². The summed E-state index contributed by atoms with van der Waals surface area (Å²) in [6.07, 6.45) is 10.3. The molecule has 2 N–H and O–H groups in total. The van der Waals surface area contributed by atoms with E-state index in [1.807, 2.05) is 0 Å². The highest BCUT2D eigenvalue weighted by atomic mass is 35.5. The zero-order valence-electron chi connectivity index (χ0n) is 12.9. The number of nitrogens with zero attached hydrogens (tertiary/aromatic N) is 1. The number of nitrogens with two attached hydrogens (primary N) is 1. The van der Waals surface area contributed by atoms with Crippen molar-refractivity contribution in [2.45, 2.75) is 57.4 Å². The number of fused-ring (bicyclic) bond motifs is 1. The summed E-state index contributed by atoms with van der Waals surface area (Å²) in [6, 6.07) is 0.567. The second kappa shape index (κ2) is 6.08. The average Bonchev–Trinajstić information content (AvgIpc) is 2.82. The second-order valence-corrected chi connectivity index (χ2v) is 7.95. The largest absolute Gasteiger partial charge is 0.339 e. The molecule has 5 fully saturated rings. The lowest BCUT2D eigenvalue weighted by Gasteiger charge is -2.39. The molecule has 1 amide bonds.